The van der Waals surface area contributed by atoms with Crippen molar-refractivity contribution < 1.29 is 0 Å². The molecule has 64 heavy (non-hydrogen) atoms. The summed E-state index contributed by atoms with van der Waals surface area (Å²) in [5.41, 5.74) is 11.9. The Kier molecular flexibility index (Phi) is 8.15. The third kappa shape index (κ3) is 5.75. The van der Waals surface area contributed by atoms with Crippen molar-refractivity contribution in [2.45, 2.75) is 0 Å². The van der Waals surface area contributed by atoms with E-state index in [0.29, 0.717) is 17.5 Å². The molecule has 5 nitrogen and oxygen atoms in total. The van der Waals surface area contributed by atoms with Gasteiger partial charge in [-0.05, 0) is 94.0 Å². The van der Waals surface area contributed by atoms with Crippen LogP contribution in [0.2, 0.25) is 0 Å². The normalized spacial score (nSPS) is 11.8. The van der Waals surface area contributed by atoms with Gasteiger partial charge in [-0.1, -0.05) is 158 Å². The van der Waals surface area contributed by atoms with E-state index < -0.39 is 0 Å². The molecule has 0 atom stereocenters. The Bertz CT molecular complexity index is 3960. The number of hydrogen-bond acceptors (Lipinski definition) is 3. The summed E-state index contributed by atoms with van der Waals surface area (Å²) in [5.74, 6) is 1.85. The fraction of sp³-hybridized carbons (Fsp3) is 0. The van der Waals surface area contributed by atoms with E-state index in [2.05, 4.69) is 228 Å². The number of rotatable bonds is 6. The lowest BCUT2D eigenvalue weighted by atomic mass is 10.0. The second kappa shape index (κ2) is 14.5. The Hall–Kier alpha value is -8.67. The second-order valence-electron chi connectivity index (χ2n) is 16.4. The fourth-order valence-corrected chi connectivity index (χ4v) is 9.79. The molecule has 5 heteroatoms. The summed E-state index contributed by atoms with van der Waals surface area (Å²) in [5, 5.41) is 9.39. The van der Waals surface area contributed by atoms with Crippen molar-refractivity contribution in [3.8, 4) is 56.7 Å². The maximum atomic E-state index is 5.37. The van der Waals surface area contributed by atoms with Gasteiger partial charge >= 0.3 is 0 Å². The first-order valence-electron chi connectivity index (χ1n) is 21.7. The van der Waals surface area contributed by atoms with Crippen molar-refractivity contribution in [3.63, 3.8) is 0 Å². The summed E-state index contributed by atoms with van der Waals surface area (Å²) in [7, 11) is 0. The summed E-state index contributed by atoms with van der Waals surface area (Å²) in [6, 6.07) is 79.8. The molecule has 298 valence electrons. The van der Waals surface area contributed by atoms with Crippen LogP contribution in [0.1, 0.15) is 0 Å². The van der Waals surface area contributed by atoms with Crippen LogP contribution in [-0.2, 0) is 0 Å². The molecule has 0 bridgehead atoms. The molecule has 10 aromatic carbocycles. The number of para-hydroxylation sites is 3. The molecule has 3 heterocycles. The molecule has 0 unspecified atom stereocenters. The van der Waals surface area contributed by atoms with Gasteiger partial charge in [-0.15, -0.1) is 0 Å². The maximum absolute atomic E-state index is 5.37. The molecule has 0 aliphatic heterocycles. The minimum atomic E-state index is 0.617. The predicted molar refractivity (Wildman–Crippen MR) is 265 cm³/mol. The molecule has 3 aromatic heterocycles. The van der Waals surface area contributed by atoms with E-state index in [1.54, 1.807) is 0 Å². The molecule has 13 aromatic rings. The van der Waals surface area contributed by atoms with E-state index in [1.165, 1.54) is 32.4 Å². The number of aromatic nitrogens is 5. The Morgan fingerprint density at radius 2 is 0.797 bits per heavy atom. The molecular weight excluding hydrogens is 779 g/mol. The van der Waals surface area contributed by atoms with Crippen LogP contribution in [0.15, 0.2) is 224 Å². The zero-order valence-electron chi connectivity index (χ0n) is 34.6. The van der Waals surface area contributed by atoms with Crippen molar-refractivity contribution >= 4 is 65.2 Å². The van der Waals surface area contributed by atoms with Crippen LogP contribution in [0, 0.1) is 0 Å². The van der Waals surface area contributed by atoms with Gasteiger partial charge in [0.2, 0.25) is 0 Å². The Labute approximate surface area is 368 Å². The van der Waals surface area contributed by atoms with Gasteiger partial charge in [-0.2, -0.15) is 0 Å². The largest absolute Gasteiger partial charge is 0.309 e. The topological polar surface area (TPSA) is 48.5 Å². The zero-order chi connectivity index (χ0) is 42.1. The SMILES string of the molecule is c1ccc(-c2cccc(-c3nc(-c4ccc5c(c4)c4ccccc4n5-c4ccccc4)nc(-c4cccc5c(-n6c7ccccc7c7cc8ccccc8cc76)cccc45)n3)c2)cc1. The lowest BCUT2D eigenvalue weighted by molar-refractivity contribution is 1.08. The first-order valence-corrected chi connectivity index (χ1v) is 21.7. The van der Waals surface area contributed by atoms with Gasteiger partial charge in [0, 0.05) is 49.3 Å². The molecule has 0 spiro atoms. The quantitative estimate of drug-likeness (QED) is 0.168. The highest BCUT2D eigenvalue weighted by Gasteiger charge is 2.20. The van der Waals surface area contributed by atoms with E-state index in [4.69, 9.17) is 15.0 Å². The van der Waals surface area contributed by atoms with E-state index in [1.807, 2.05) is 6.07 Å². The van der Waals surface area contributed by atoms with Crippen LogP contribution in [0.4, 0.5) is 0 Å². The van der Waals surface area contributed by atoms with Gasteiger partial charge in [-0.3, -0.25) is 0 Å². The van der Waals surface area contributed by atoms with Gasteiger partial charge in [0.05, 0.1) is 27.8 Å². The first-order chi connectivity index (χ1) is 31.7. The van der Waals surface area contributed by atoms with Crippen molar-refractivity contribution in [2.75, 3.05) is 0 Å². The van der Waals surface area contributed by atoms with Crippen LogP contribution < -0.4 is 0 Å². The van der Waals surface area contributed by atoms with Crippen LogP contribution in [0.5, 0.6) is 0 Å². The van der Waals surface area contributed by atoms with Crippen molar-refractivity contribution in [2.24, 2.45) is 0 Å². The molecule has 0 amide bonds. The molecule has 0 aliphatic carbocycles. The molecule has 0 saturated heterocycles. The second-order valence-corrected chi connectivity index (χ2v) is 16.4. The third-order valence-corrected chi connectivity index (χ3v) is 12.7. The summed E-state index contributed by atoms with van der Waals surface area (Å²) in [6.45, 7) is 0. The van der Waals surface area contributed by atoms with Crippen molar-refractivity contribution in [1.29, 1.82) is 0 Å². The molecule has 0 radical (unpaired) electrons. The Morgan fingerprint density at radius 3 is 1.58 bits per heavy atom. The monoisotopic (exact) mass is 815 g/mol. The molecular formula is C59H37N5. The van der Waals surface area contributed by atoms with E-state index in [-0.39, 0.29) is 0 Å². The predicted octanol–water partition coefficient (Wildman–Crippen LogP) is 15.0. The minimum Gasteiger partial charge on any atom is -0.309 e. The van der Waals surface area contributed by atoms with Crippen molar-refractivity contribution in [3.05, 3.63) is 224 Å². The molecule has 13 rings (SSSR count). The lowest BCUT2D eigenvalue weighted by Crippen LogP contribution is -2.01. The van der Waals surface area contributed by atoms with Crippen LogP contribution in [0.3, 0.4) is 0 Å². The minimum absolute atomic E-state index is 0.617. The zero-order valence-corrected chi connectivity index (χ0v) is 34.6. The average molecular weight is 816 g/mol. The van der Waals surface area contributed by atoms with Crippen LogP contribution in [0.25, 0.3) is 122 Å². The van der Waals surface area contributed by atoms with Gasteiger partial charge in [0.15, 0.2) is 17.5 Å². The van der Waals surface area contributed by atoms with Gasteiger partial charge < -0.3 is 9.13 Å². The number of hydrogen-bond donors (Lipinski definition) is 0. The third-order valence-electron chi connectivity index (χ3n) is 12.7. The fourth-order valence-electron chi connectivity index (χ4n) is 9.79. The highest BCUT2D eigenvalue weighted by Crippen LogP contribution is 2.40. The summed E-state index contributed by atoms with van der Waals surface area (Å²) < 4.78 is 4.75. The van der Waals surface area contributed by atoms with E-state index in [9.17, 15) is 0 Å². The maximum Gasteiger partial charge on any atom is 0.164 e. The summed E-state index contributed by atoms with van der Waals surface area (Å²) in [4.78, 5) is 16.0. The average Bonchev–Trinajstić information content (AvgIpc) is 3.87. The first kappa shape index (κ1) is 36.0. The van der Waals surface area contributed by atoms with Crippen LogP contribution >= 0.6 is 0 Å². The summed E-state index contributed by atoms with van der Waals surface area (Å²) >= 11 is 0. The van der Waals surface area contributed by atoms with Gasteiger partial charge in [-0.25, -0.2) is 15.0 Å². The Balaban J connectivity index is 1.04. The van der Waals surface area contributed by atoms with E-state index >= 15 is 0 Å². The lowest BCUT2D eigenvalue weighted by Gasteiger charge is -2.15. The van der Waals surface area contributed by atoms with E-state index in [0.717, 1.165) is 71.9 Å². The number of nitrogens with zero attached hydrogens (tertiary/aromatic N) is 5. The highest BCUT2D eigenvalue weighted by atomic mass is 15.0. The standard InChI is InChI=1S/C59H37N5/c1-3-16-38(17-4-1)39-20-13-21-42(34-39)57-60-58(43-32-33-55-50(36-43)47-24-9-11-29-52(47)63(55)44-22-5-2-6-23-44)62-59(61-57)49-28-14-27-46-45(49)26-15-31-54(46)64-53-30-12-10-25-48(53)51-35-40-18-7-8-19-41(40)37-56(51)64/h1-37H. The smallest absolute Gasteiger partial charge is 0.164 e. The number of fused-ring (bicyclic) bond motifs is 8. The number of benzene rings is 10. The molecule has 0 fully saturated rings. The Morgan fingerprint density at radius 1 is 0.266 bits per heavy atom. The van der Waals surface area contributed by atoms with Crippen LogP contribution in [-0.4, -0.2) is 24.1 Å². The van der Waals surface area contributed by atoms with Gasteiger partial charge in [0.1, 0.15) is 0 Å². The van der Waals surface area contributed by atoms with Crippen molar-refractivity contribution in [1.82, 2.24) is 24.1 Å². The highest BCUT2D eigenvalue weighted by molar-refractivity contribution is 6.15. The molecule has 0 aliphatic rings. The molecule has 0 N–H and O–H groups in total. The van der Waals surface area contributed by atoms with Gasteiger partial charge in [0.25, 0.3) is 0 Å². The molecule has 0 saturated carbocycles. The summed E-state index contributed by atoms with van der Waals surface area (Å²) in [6.07, 6.45) is 0.